The molecule has 2 rings (SSSR count). The fraction of sp³-hybridized carbons (Fsp3) is 0.769. The molecule has 18 heavy (non-hydrogen) atoms. The van der Waals surface area contributed by atoms with Crippen LogP contribution < -0.4 is 11.1 Å². The van der Waals surface area contributed by atoms with Crippen LogP contribution in [0.4, 0.5) is 5.95 Å². The minimum Gasteiger partial charge on any atom is -0.349 e. The SMILES string of the molecule is CCc1nnc(NC2CCCCC2N)nc1CC. The van der Waals surface area contributed by atoms with Crippen molar-refractivity contribution >= 4 is 5.95 Å². The van der Waals surface area contributed by atoms with Gasteiger partial charge in [0.2, 0.25) is 5.95 Å². The molecule has 2 atom stereocenters. The number of hydrogen-bond acceptors (Lipinski definition) is 5. The van der Waals surface area contributed by atoms with Crippen molar-refractivity contribution in [1.82, 2.24) is 15.2 Å². The van der Waals surface area contributed by atoms with E-state index in [1.165, 1.54) is 12.8 Å². The highest BCUT2D eigenvalue weighted by molar-refractivity contribution is 5.28. The highest BCUT2D eigenvalue weighted by Crippen LogP contribution is 2.19. The van der Waals surface area contributed by atoms with Crippen LogP contribution in [-0.2, 0) is 12.8 Å². The molecule has 1 aliphatic rings. The van der Waals surface area contributed by atoms with Crippen LogP contribution in [0.1, 0.15) is 50.9 Å². The van der Waals surface area contributed by atoms with E-state index in [9.17, 15) is 0 Å². The van der Waals surface area contributed by atoms with Gasteiger partial charge in [0.15, 0.2) is 0 Å². The summed E-state index contributed by atoms with van der Waals surface area (Å²) in [5.74, 6) is 0.631. The van der Waals surface area contributed by atoms with Crippen molar-refractivity contribution in [3.05, 3.63) is 11.4 Å². The maximum absolute atomic E-state index is 6.11. The van der Waals surface area contributed by atoms with Gasteiger partial charge in [-0.25, -0.2) is 4.98 Å². The first kappa shape index (κ1) is 13.2. The predicted molar refractivity (Wildman–Crippen MR) is 72.4 cm³/mol. The highest BCUT2D eigenvalue weighted by Gasteiger charge is 2.22. The topological polar surface area (TPSA) is 76.7 Å². The van der Waals surface area contributed by atoms with Crippen LogP contribution in [0, 0.1) is 0 Å². The summed E-state index contributed by atoms with van der Waals surface area (Å²) in [6.07, 6.45) is 6.41. The Morgan fingerprint density at radius 3 is 2.50 bits per heavy atom. The quantitative estimate of drug-likeness (QED) is 0.849. The number of aromatic nitrogens is 3. The number of aryl methyl sites for hydroxylation is 2. The molecule has 0 radical (unpaired) electrons. The number of nitrogens with zero attached hydrogens (tertiary/aromatic N) is 3. The Kier molecular flexibility index (Phi) is 4.47. The van der Waals surface area contributed by atoms with Crippen molar-refractivity contribution in [3.8, 4) is 0 Å². The minimum absolute atomic E-state index is 0.207. The molecule has 0 saturated heterocycles. The highest BCUT2D eigenvalue weighted by atomic mass is 15.3. The molecule has 0 spiro atoms. The molecular weight excluding hydrogens is 226 g/mol. The van der Waals surface area contributed by atoms with E-state index in [2.05, 4.69) is 34.3 Å². The number of hydrogen-bond donors (Lipinski definition) is 2. The van der Waals surface area contributed by atoms with Crippen molar-refractivity contribution in [3.63, 3.8) is 0 Å². The molecule has 2 unspecified atom stereocenters. The van der Waals surface area contributed by atoms with Gasteiger partial charge in [-0.1, -0.05) is 26.7 Å². The van der Waals surface area contributed by atoms with E-state index in [-0.39, 0.29) is 12.1 Å². The smallest absolute Gasteiger partial charge is 0.243 e. The second-order valence-electron chi connectivity index (χ2n) is 4.94. The zero-order valence-electron chi connectivity index (χ0n) is 11.3. The fourth-order valence-corrected chi connectivity index (χ4v) is 2.50. The van der Waals surface area contributed by atoms with E-state index in [4.69, 9.17) is 5.73 Å². The van der Waals surface area contributed by atoms with Gasteiger partial charge in [-0.3, -0.25) is 0 Å². The van der Waals surface area contributed by atoms with Gasteiger partial charge in [-0.2, -0.15) is 5.10 Å². The maximum Gasteiger partial charge on any atom is 0.243 e. The lowest BCUT2D eigenvalue weighted by Crippen LogP contribution is -2.43. The Balaban J connectivity index is 2.08. The predicted octanol–water partition coefficient (Wildman–Crippen LogP) is 1.68. The first-order valence-electron chi connectivity index (χ1n) is 6.99. The van der Waals surface area contributed by atoms with Crippen LogP contribution in [0.5, 0.6) is 0 Å². The third kappa shape index (κ3) is 2.96. The van der Waals surface area contributed by atoms with Crippen molar-refractivity contribution in [1.29, 1.82) is 0 Å². The van der Waals surface area contributed by atoms with Crippen LogP contribution in [0.3, 0.4) is 0 Å². The Morgan fingerprint density at radius 1 is 1.11 bits per heavy atom. The molecule has 0 aliphatic heterocycles. The van der Waals surface area contributed by atoms with Gasteiger partial charge < -0.3 is 11.1 Å². The van der Waals surface area contributed by atoms with E-state index in [0.717, 1.165) is 37.1 Å². The Bertz CT molecular complexity index is 393. The molecule has 1 aliphatic carbocycles. The third-order valence-corrected chi connectivity index (χ3v) is 3.64. The molecule has 0 bridgehead atoms. The average molecular weight is 249 g/mol. The van der Waals surface area contributed by atoms with Gasteiger partial charge >= 0.3 is 0 Å². The van der Waals surface area contributed by atoms with E-state index in [0.29, 0.717) is 5.95 Å². The van der Waals surface area contributed by atoms with Crippen LogP contribution in [-0.4, -0.2) is 27.3 Å². The summed E-state index contributed by atoms with van der Waals surface area (Å²) < 4.78 is 0. The summed E-state index contributed by atoms with van der Waals surface area (Å²) in [5.41, 5.74) is 8.15. The van der Waals surface area contributed by atoms with Crippen molar-refractivity contribution < 1.29 is 0 Å². The molecule has 5 heteroatoms. The molecule has 1 heterocycles. The maximum atomic E-state index is 6.11. The average Bonchev–Trinajstić information content (AvgIpc) is 2.41. The lowest BCUT2D eigenvalue weighted by molar-refractivity contribution is 0.402. The Hall–Kier alpha value is -1.23. The van der Waals surface area contributed by atoms with Crippen LogP contribution in [0.2, 0.25) is 0 Å². The zero-order valence-corrected chi connectivity index (χ0v) is 11.3. The fourth-order valence-electron chi connectivity index (χ4n) is 2.50. The number of rotatable bonds is 4. The van der Waals surface area contributed by atoms with Gasteiger partial charge in [0.25, 0.3) is 0 Å². The second kappa shape index (κ2) is 6.09. The lowest BCUT2D eigenvalue weighted by Gasteiger charge is -2.29. The summed E-state index contributed by atoms with van der Waals surface area (Å²) in [7, 11) is 0. The normalized spacial score (nSPS) is 23.9. The molecule has 1 aromatic rings. The number of nitrogens with one attached hydrogen (secondary N) is 1. The van der Waals surface area contributed by atoms with E-state index < -0.39 is 0 Å². The molecule has 0 aromatic carbocycles. The van der Waals surface area contributed by atoms with Gasteiger partial charge in [0.1, 0.15) is 0 Å². The van der Waals surface area contributed by atoms with Crippen LogP contribution in [0.25, 0.3) is 0 Å². The van der Waals surface area contributed by atoms with E-state index in [1.807, 2.05) is 0 Å². The first-order valence-corrected chi connectivity index (χ1v) is 6.99. The third-order valence-electron chi connectivity index (χ3n) is 3.64. The molecule has 1 saturated carbocycles. The number of anilines is 1. The molecule has 0 amide bonds. The van der Waals surface area contributed by atoms with Crippen molar-refractivity contribution in [2.45, 2.75) is 64.5 Å². The molecule has 1 fully saturated rings. The van der Waals surface area contributed by atoms with Crippen molar-refractivity contribution in [2.24, 2.45) is 5.73 Å². The Morgan fingerprint density at radius 2 is 1.83 bits per heavy atom. The second-order valence-corrected chi connectivity index (χ2v) is 4.94. The zero-order chi connectivity index (χ0) is 13.0. The standard InChI is InChI=1S/C13H23N5/c1-3-10-11(4-2)17-18-13(15-10)16-12-8-6-5-7-9(12)14/h9,12H,3-8,14H2,1-2H3,(H,15,16,18). The molecule has 3 N–H and O–H groups in total. The minimum atomic E-state index is 0.207. The monoisotopic (exact) mass is 249 g/mol. The molecule has 100 valence electrons. The van der Waals surface area contributed by atoms with Crippen LogP contribution in [0.15, 0.2) is 0 Å². The molecule has 1 aromatic heterocycles. The number of nitrogens with two attached hydrogens (primary N) is 1. The molecule has 5 nitrogen and oxygen atoms in total. The van der Waals surface area contributed by atoms with E-state index >= 15 is 0 Å². The largest absolute Gasteiger partial charge is 0.349 e. The lowest BCUT2D eigenvalue weighted by atomic mass is 9.91. The summed E-state index contributed by atoms with van der Waals surface area (Å²) >= 11 is 0. The van der Waals surface area contributed by atoms with Gasteiger partial charge in [-0.15, -0.1) is 5.10 Å². The van der Waals surface area contributed by atoms with Gasteiger partial charge in [0, 0.05) is 12.1 Å². The first-order chi connectivity index (χ1) is 8.74. The van der Waals surface area contributed by atoms with Crippen molar-refractivity contribution in [2.75, 3.05) is 5.32 Å². The van der Waals surface area contributed by atoms with Gasteiger partial charge in [-0.05, 0) is 25.7 Å². The van der Waals surface area contributed by atoms with E-state index in [1.54, 1.807) is 0 Å². The summed E-state index contributed by atoms with van der Waals surface area (Å²) in [6, 6.07) is 0.496. The Labute approximate surface area is 109 Å². The van der Waals surface area contributed by atoms with Gasteiger partial charge in [0.05, 0.1) is 11.4 Å². The summed E-state index contributed by atoms with van der Waals surface area (Å²) in [4.78, 5) is 4.55. The van der Waals surface area contributed by atoms with Crippen LogP contribution >= 0.6 is 0 Å². The summed E-state index contributed by atoms with van der Waals surface area (Å²) in [6.45, 7) is 4.17. The molecular formula is C13H23N5. The summed E-state index contributed by atoms with van der Waals surface area (Å²) in [5, 5.41) is 11.7.